The van der Waals surface area contributed by atoms with Crippen LogP contribution in [0.5, 0.6) is 0 Å². The highest BCUT2D eigenvalue weighted by atomic mass is 15.3. The number of aromatic nitrogens is 2. The fourth-order valence-corrected chi connectivity index (χ4v) is 2.27. The van der Waals surface area contributed by atoms with Crippen molar-refractivity contribution in [2.45, 2.75) is 59.0 Å². The van der Waals surface area contributed by atoms with Gasteiger partial charge < -0.3 is 5.32 Å². The molecule has 1 N–H and O–H groups in total. The molecule has 3 heteroatoms. The average Bonchev–Trinajstić information content (AvgIpc) is 2.67. The first kappa shape index (κ1) is 13.2. The van der Waals surface area contributed by atoms with E-state index >= 15 is 0 Å². The zero-order valence-corrected chi connectivity index (χ0v) is 11.0. The zero-order chi connectivity index (χ0) is 12.0. The maximum atomic E-state index is 4.45. The van der Waals surface area contributed by atoms with Crippen LogP contribution >= 0.6 is 0 Å². The van der Waals surface area contributed by atoms with Gasteiger partial charge in [0.05, 0.1) is 12.2 Å². The highest BCUT2D eigenvalue weighted by Gasteiger charge is 2.20. The lowest BCUT2D eigenvalue weighted by molar-refractivity contribution is 0.304. The Balaban J connectivity index is 2.76. The fraction of sp³-hybridized carbons (Fsp3) is 0.769. The Kier molecular flexibility index (Phi) is 5.53. The summed E-state index contributed by atoms with van der Waals surface area (Å²) in [7, 11) is 0. The molecular weight excluding hydrogens is 198 g/mol. The number of hydrogen-bond donors (Lipinski definition) is 1. The van der Waals surface area contributed by atoms with Gasteiger partial charge in [0.2, 0.25) is 0 Å². The van der Waals surface area contributed by atoms with E-state index in [1.807, 2.05) is 6.20 Å². The first-order valence-electron chi connectivity index (χ1n) is 6.47. The minimum absolute atomic E-state index is 0.480. The molecule has 16 heavy (non-hydrogen) atoms. The van der Waals surface area contributed by atoms with Crippen LogP contribution in [0.2, 0.25) is 0 Å². The summed E-state index contributed by atoms with van der Waals surface area (Å²) >= 11 is 0. The van der Waals surface area contributed by atoms with Crippen molar-refractivity contribution in [3.05, 3.63) is 18.0 Å². The van der Waals surface area contributed by atoms with Crippen LogP contribution in [0, 0.1) is 6.92 Å². The predicted octanol–water partition coefficient (Wildman–Crippen LogP) is 2.92. The Bertz CT molecular complexity index is 287. The Morgan fingerprint density at radius 2 is 2.12 bits per heavy atom. The van der Waals surface area contributed by atoms with E-state index in [4.69, 9.17) is 0 Å². The molecule has 0 aromatic carbocycles. The van der Waals surface area contributed by atoms with Crippen molar-refractivity contribution in [1.29, 1.82) is 0 Å². The van der Waals surface area contributed by atoms with Gasteiger partial charge in [0.1, 0.15) is 0 Å². The lowest BCUT2D eigenvalue weighted by Gasteiger charge is -2.27. The Labute approximate surface area is 99.2 Å². The van der Waals surface area contributed by atoms with Gasteiger partial charge in [-0.1, -0.05) is 27.2 Å². The molecule has 0 fully saturated rings. The van der Waals surface area contributed by atoms with Crippen LogP contribution in [0.4, 0.5) is 0 Å². The van der Waals surface area contributed by atoms with E-state index in [0.29, 0.717) is 12.1 Å². The van der Waals surface area contributed by atoms with Gasteiger partial charge in [0, 0.05) is 12.2 Å². The molecule has 0 saturated heterocycles. The highest BCUT2D eigenvalue weighted by molar-refractivity contribution is 5.01. The molecule has 0 radical (unpaired) electrons. The van der Waals surface area contributed by atoms with Crippen LogP contribution in [0.25, 0.3) is 0 Å². The minimum Gasteiger partial charge on any atom is -0.312 e. The van der Waals surface area contributed by atoms with Crippen LogP contribution in [0.1, 0.15) is 51.6 Å². The molecule has 0 aliphatic carbocycles. The fourth-order valence-electron chi connectivity index (χ4n) is 2.27. The maximum absolute atomic E-state index is 4.45. The summed E-state index contributed by atoms with van der Waals surface area (Å²) in [6, 6.07) is 1.02. The molecule has 0 spiro atoms. The van der Waals surface area contributed by atoms with Crippen molar-refractivity contribution >= 4 is 0 Å². The largest absolute Gasteiger partial charge is 0.312 e. The highest BCUT2D eigenvalue weighted by Crippen LogP contribution is 2.19. The van der Waals surface area contributed by atoms with Crippen molar-refractivity contribution in [1.82, 2.24) is 15.1 Å². The molecule has 2 atom stereocenters. The van der Waals surface area contributed by atoms with Gasteiger partial charge in [-0.05, 0) is 31.9 Å². The first-order valence-corrected chi connectivity index (χ1v) is 6.47. The normalized spacial score (nSPS) is 15.0. The third-order valence-corrected chi connectivity index (χ3v) is 3.02. The van der Waals surface area contributed by atoms with Gasteiger partial charge in [-0.15, -0.1) is 0 Å². The molecule has 2 unspecified atom stereocenters. The quantitative estimate of drug-likeness (QED) is 0.770. The molecule has 3 nitrogen and oxygen atoms in total. The summed E-state index contributed by atoms with van der Waals surface area (Å²) in [5, 5.41) is 8.03. The van der Waals surface area contributed by atoms with E-state index in [2.05, 4.69) is 49.0 Å². The molecule has 92 valence electrons. The zero-order valence-electron chi connectivity index (χ0n) is 11.0. The van der Waals surface area contributed by atoms with Gasteiger partial charge in [-0.3, -0.25) is 4.68 Å². The van der Waals surface area contributed by atoms with Crippen LogP contribution in [-0.2, 0) is 0 Å². The van der Waals surface area contributed by atoms with Crippen molar-refractivity contribution in [2.75, 3.05) is 6.54 Å². The standard InChI is InChI=1S/C13H25N3/c1-5-8-12(14-7-3)13(6-2)16-10-11(4)9-15-16/h9-10,12-14H,5-8H2,1-4H3. The third-order valence-electron chi connectivity index (χ3n) is 3.02. The lowest BCUT2D eigenvalue weighted by Crippen LogP contribution is -2.37. The topological polar surface area (TPSA) is 29.9 Å². The molecule has 0 amide bonds. The molecule has 1 aromatic rings. The third kappa shape index (κ3) is 3.34. The SMILES string of the molecule is CCCC(NCC)C(CC)n1cc(C)cn1. The molecule has 0 aliphatic rings. The molecule has 1 heterocycles. The molecule has 1 rings (SSSR count). The van der Waals surface area contributed by atoms with Gasteiger partial charge in [-0.25, -0.2) is 0 Å². The number of rotatable bonds is 7. The second-order valence-corrected chi connectivity index (χ2v) is 4.43. The van der Waals surface area contributed by atoms with E-state index in [1.165, 1.54) is 18.4 Å². The number of likely N-dealkylation sites (N-methyl/N-ethyl adjacent to an activating group) is 1. The van der Waals surface area contributed by atoms with E-state index in [0.717, 1.165) is 13.0 Å². The van der Waals surface area contributed by atoms with Crippen LogP contribution in [0.15, 0.2) is 12.4 Å². The number of aryl methyl sites for hydroxylation is 1. The average molecular weight is 223 g/mol. The van der Waals surface area contributed by atoms with Crippen LogP contribution in [-0.4, -0.2) is 22.4 Å². The molecular formula is C13H25N3. The van der Waals surface area contributed by atoms with Crippen molar-refractivity contribution in [3.8, 4) is 0 Å². The smallest absolute Gasteiger partial charge is 0.0669 e. The summed E-state index contributed by atoms with van der Waals surface area (Å²) < 4.78 is 2.12. The second kappa shape index (κ2) is 6.69. The summed E-state index contributed by atoms with van der Waals surface area (Å²) in [5.41, 5.74) is 1.24. The van der Waals surface area contributed by atoms with Gasteiger partial charge in [0.15, 0.2) is 0 Å². The van der Waals surface area contributed by atoms with Gasteiger partial charge in [-0.2, -0.15) is 5.10 Å². The second-order valence-electron chi connectivity index (χ2n) is 4.43. The Morgan fingerprint density at radius 1 is 1.38 bits per heavy atom. The number of nitrogens with one attached hydrogen (secondary N) is 1. The summed E-state index contributed by atoms with van der Waals surface area (Å²) in [6.45, 7) is 9.77. The minimum atomic E-state index is 0.480. The van der Waals surface area contributed by atoms with Crippen molar-refractivity contribution < 1.29 is 0 Å². The first-order chi connectivity index (χ1) is 7.72. The van der Waals surface area contributed by atoms with Crippen molar-refractivity contribution in [3.63, 3.8) is 0 Å². The Morgan fingerprint density at radius 3 is 2.56 bits per heavy atom. The molecule has 0 saturated carbocycles. The molecule has 0 aliphatic heterocycles. The number of nitrogens with zero attached hydrogens (tertiary/aromatic N) is 2. The predicted molar refractivity (Wildman–Crippen MR) is 68.7 cm³/mol. The van der Waals surface area contributed by atoms with E-state index < -0.39 is 0 Å². The summed E-state index contributed by atoms with van der Waals surface area (Å²) in [4.78, 5) is 0. The Hall–Kier alpha value is -0.830. The lowest BCUT2D eigenvalue weighted by atomic mass is 10.0. The van der Waals surface area contributed by atoms with E-state index in [-0.39, 0.29) is 0 Å². The van der Waals surface area contributed by atoms with Gasteiger partial charge in [0.25, 0.3) is 0 Å². The maximum Gasteiger partial charge on any atom is 0.0669 e. The van der Waals surface area contributed by atoms with Crippen molar-refractivity contribution in [2.24, 2.45) is 0 Å². The van der Waals surface area contributed by atoms with Crippen LogP contribution in [0.3, 0.4) is 0 Å². The number of hydrogen-bond acceptors (Lipinski definition) is 2. The molecule has 1 aromatic heterocycles. The van der Waals surface area contributed by atoms with Gasteiger partial charge >= 0.3 is 0 Å². The van der Waals surface area contributed by atoms with Crippen LogP contribution < -0.4 is 5.32 Å². The molecule has 0 bridgehead atoms. The summed E-state index contributed by atoms with van der Waals surface area (Å²) in [6.07, 6.45) is 7.64. The monoisotopic (exact) mass is 223 g/mol. The van der Waals surface area contributed by atoms with E-state index in [9.17, 15) is 0 Å². The summed E-state index contributed by atoms with van der Waals surface area (Å²) in [5.74, 6) is 0. The van der Waals surface area contributed by atoms with E-state index in [1.54, 1.807) is 0 Å².